The molecule has 13 atom stereocenters. The van der Waals surface area contributed by atoms with Crippen LogP contribution in [0.3, 0.4) is 0 Å². The second-order valence-electron chi connectivity index (χ2n) is 18.6. The molecule has 17 heteroatoms. The molecule has 0 aromatic heterocycles. The first-order valence-corrected chi connectivity index (χ1v) is 27.2. The van der Waals surface area contributed by atoms with Crippen molar-refractivity contribution in [2.24, 2.45) is 11.8 Å². The van der Waals surface area contributed by atoms with Crippen LogP contribution in [0, 0.1) is 11.8 Å². The van der Waals surface area contributed by atoms with Gasteiger partial charge in [-0.3, -0.25) is 18.6 Å². The molecule has 0 aromatic carbocycles. The standard InChI is InChI=1S/C51H89O16P/c1-3-5-7-8-9-10-11-12-13-14-15-16-17-18-19-20-21-22-28-32-45(56)66-39-36-64-44(55)31-27-24-23-26-30-40-42(53)35-43(54)41(34-33-38(52)29-25-6-4-2)47(58)49(60)51(50(61)48(59)46(40)57)67-68(62,63)65-37-39/h9-10,12-13,23,26,33-34,38-43,46-54,57-61H,3-8,11,14-22,24-25,27-32,35-37H2,1-2H3,(H,62,63)/b10-9-,13-12-,26-23+,34-33+/t38-,39+,40-,41-,42-,43+,46+,47+,48-,49+,50+,51+/m0/s1. The van der Waals surface area contributed by atoms with Crippen LogP contribution in [0.5, 0.6) is 0 Å². The number of unbranched alkanes of at least 4 members (excludes halogenated alkanes) is 14. The molecule has 1 aliphatic carbocycles. The third-order valence-electron chi connectivity index (χ3n) is 12.7. The minimum absolute atomic E-state index is 0.0255. The Morgan fingerprint density at radius 2 is 1.35 bits per heavy atom. The number of carbonyl (C=O) groups excluding carboxylic acids is 2. The highest BCUT2D eigenvalue weighted by Gasteiger charge is 2.49. The number of rotatable bonds is 25. The third-order valence-corrected chi connectivity index (χ3v) is 13.7. The number of carbonyl (C=O) groups is 2. The summed E-state index contributed by atoms with van der Waals surface area (Å²) in [6, 6.07) is 0. The maximum atomic E-state index is 13.6. The normalized spacial score (nSPS) is 31.9. The fraction of sp³-hybridized carbons (Fsp3) is 0.804. The Hall–Kier alpha value is -2.31. The van der Waals surface area contributed by atoms with Crippen molar-refractivity contribution < 1.29 is 78.4 Å². The Bertz CT molecular complexity index is 1510. The van der Waals surface area contributed by atoms with Crippen LogP contribution in [0.15, 0.2) is 48.6 Å². The van der Waals surface area contributed by atoms with E-state index in [2.05, 4.69) is 31.2 Å². The van der Waals surface area contributed by atoms with Gasteiger partial charge in [-0.1, -0.05) is 140 Å². The van der Waals surface area contributed by atoms with Crippen LogP contribution in [-0.2, 0) is 32.7 Å². The molecule has 2 aliphatic rings. The van der Waals surface area contributed by atoms with E-state index in [-0.39, 0.29) is 19.3 Å². The Morgan fingerprint density at radius 1 is 0.750 bits per heavy atom. The van der Waals surface area contributed by atoms with Crippen LogP contribution in [0.25, 0.3) is 0 Å². The lowest BCUT2D eigenvalue weighted by molar-refractivity contribution is -0.167. The van der Waals surface area contributed by atoms with Crippen molar-refractivity contribution in [2.75, 3.05) is 13.2 Å². The second-order valence-corrected chi connectivity index (χ2v) is 20.0. The summed E-state index contributed by atoms with van der Waals surface area (Å²) in [5, 5.41) is 90.2. The predicted octanol–water partition coefficient (Wildman–Crippen LogP) is 7.11. The van der Waals surface area contributed by atoms with Crippen molar-refractivity contribution in [3.8, 4) is 0 Å². The molecule has 68 heavy (non-hydrogen) atoms. The number of aliphatic hydroxyl groups is 8. The van der Waals surface area contributed by atoms with Gasteiger partial charge < -0.3 is 55.2 Å². The van der Waals surface area contributed by atoms with Crippen LogP contribution < -0.4 is 0 Å². The maximum Gasteiger partial charge on any atom is 0.472 e. The van der Waals surface area contributed by atoms with E-state index in [0.29, 0.717) is 32.1 Å². The first kappa shape index (κ1) is 61.8. The Labute approximate surface area is 406 Å². The average molecular weight is 989 g/mol. The number of aliphatic hydroxyl groups excluding tert-OH is 8. The minimum Gasteiger partial charge on any atom is -0.462 e. The van der Waals surface area contributed by atoms with Gasteiger partial charge in [0.15, 0.2) is 6.10 Å². The van der Waals surface area contributed by atoms with Gasteiger partial charge in [0.1, 0.15) is 31.0 Å². The molecule has 1 unspecified atom stereocenters. The van der Waals surface area contributed by atoms with E-state index >= 15 is 0 Å². The van der Waals surface area contributed by atoms with E-state index < -0.39 is 112 Å². The molecule has 0 aromatic rings. The number of ether oxygens (including phenoxy) is 2. The Kier molecular flexibility index (Phi) is 33.3. The summed E-state index contributed by atoms with van der Waals surface area (Å²) in [6.07, 6.45) is 14.7. The van der Waals surface area contributed by atoms with Gasteiger partial charge in [-0.05, 0) is 64.2 Å². The number of cyclic esters (lactones) is 1. The molecule has 1 heterocycles. The zero-order chi connectivity index (χ0) is 50.2. The highest BCUT2D eigenvalue weighted by Crippen LogP contribution is 2.47. The highest BCUT2D eigenvalue weighted by molar-refractivity contribution is 7.47. The minimum atomic E-state index is -5.45. The third kappa shape index (κ3) is 26.2. The second kappa shape index (κ2) is 36.6. The molecule has 9 N–H and O–H groups in total. The van der Waals surface area contributed by atoms with Crippen LogP contribution in [0.1, 0.15) is 174 Å². The van der Waals surface area contributed by atoms with E-state index in [9.17, 15) is 59.9 Å². The lowest BCUT2D eigenvalue weighted by Crippen LogP contribution is -2.55. The van der Waals surface area contributed by atoms with E-state index in [1.165, 1.54) is 50.7 Å². The van der Waals surface area contributed by atoms with Gasteiger partial charge in [0, 0.05) is 31.1 Å². The van der Waals surface area contributed by atoms with Crippen LogP contribution in [0.4, 0.5) is 0 Å². The molecule has 16 nitrogen and oxygen atoms in total. The number of fused-ring (bicyclic) bond motifs is 4. The molecule has 0 radical (unpaired) electrons. The van der Waals surface area contributed by atoms with Crippen LogP contribution in [-0.4, -0.2) is 132 Å². The molecule has 1 aliphatic heterocycles. The smallest absolute Gasteiger partial charge is 0.462 e. The van der Waals surface area contributed by atoms with Crippen molar-refractivity contribution in [3.63, 3.8) is 0 Å². The van der Waals surface area contributed by atoms with Gasteiger partial charge in [0.2, 0.25) is 0 Å². The zero-order valence-corrected chi connectivity index (χ0v) is 41.9. The van der Waals surface area contributed by atoms with Crippen molar-refractivity contribution in [1.29, 1.82) is 0 Å². The number of esters is 2. The van der Waals surface area contributed by atoms with Crippen molar-refractivity contribution >= 4 is 19.8 Å². The number of hydrogen-bond donors (Lipinski definition) is 9. The van der Waals surface area contributed by atoms with Gasteiger partial charge in [-0.2, -0.15) is 0 Å². The largest absolute Gasteiger partial charge is 0.472 e. The number of hydrogen-bond acceptors (Lipinski definition) is 15. The van der Waals surface area contributed by atoms with Gasteiger partial charge >= 0.3 is 19.8 Å². The van der Waals surface area contributed by atoms with Crippen LogP contribution >= 0.6 is 7.82 Å². The van der Waals surface area contributed by atoms with Gasteiger partial charge in [0.25, 0.3) is 0 Å². The van der Waals surface area contributed by atoms with Crippen molar-refractivity contribution in [2.45, 2.75) is 235 Å². The number of phosphoric ester groups is 1. The molecule has 0 spiro atoms. The first-order chi connectivity index (χ1) is 32.6. The molecule has 1 fully saturated rings. The zero-order valence-electron chi connectivity index (χ0n) is 41.0. The van der Waals surface area contributed by atoms with Crippen molar-refractivity contribution in [3.05, 3.63) is 48.6 Å². The molecular weight excluding hydrogens is 900 g/mol. The molecule has 2 rings (SSSR count). The lowest BCUT2D eigenvalue weighted by atomic mass is 9.83. The number of phosphoric acid groups is 1. The summed E-state index contributed by atoms with van der Waals surface area (Å²) in [5.74, 6) is -4.04. The van der Waals surface area contributed by atoms with E-state index in [4.69, 9.17) is 18.5 Å². The summed E-state index contributed by atoms with van der Waals surface area (Å²) in [5.41, 5.74) is 0. The molecule has 2 bridgehead atoms. The molecule has 1 saturated carbocycles. The summed E-state index contributed by atoms with van der Waals surface area (Å²) in [6.45, 7) is 2.81. The quantitative estimate of drug-likeness (QED) is 0.0191. The maximum absolute atomic E-state index is 13.6. The van der Waals surface area contributed by atoms with Gasteiger partial charge in [-0.15, -0.1) is 0 Å². The van der Waals surface area contributed by atoms with Gasteiger partial charge in [-0.25, -0.2) is 4.57 Å². The lowest BCUT2D eigenvalue weighted by Gasteiger charge is -2.37. The highest BCUT2D eigenvalue weighted by atomic mass is 31.2. The molecular formula is C51H89O16P. The monoisotopic (exact) mass is 989 g/mol. The molecule has 0 saturated heterocycles. The average Bonchev–Trinajstić information content (AvgIpc) is 3.31. The molecule has 0 amide bonds. The van der Waals surface area contributed by atoms with Crippen LogP contribution in [0.2, 0.25) is 0 Å². The Morgan fingerprint density at radius 3 is 2.01 bits per heavy atom. The predicted molar refractivity (Wildman–Crippen MR) is 260 cm³/mol. The summed E-state index contributed by atoms with van der Waals surface area (Å²) in [4.78, 5) is 36.6. The fourth-order valence-corrected chi connectivity index (χ4v) is 9.40. The topological polar surface area (TPSA) is 270 Å². The van der Waals surface area contributed by atoms with E-state index in [1.54, 1.807) is 12.2 Å². The summed E-state index contributed by atoms with van der Waals surface area (Å²) < 4.78 is 34.8. The van der Waals surface area contributed by atoms with E-state index in [1.807, 2.05) is 6.92 Å². The first-order valence-electron chi connectivity index (χ1n) is 25.7. The van der Waals surface area contributed by atoms with Gasteiger partial charge in [0.05, 0.1) is 37.1 Å². The SMILES string of the molecule is CCCCC/C=C\C/C=C\CCCCCCCCCCCC(=O)O[C@@H]1COC(=O)CCC/C=C/C[C@@H]2[C@@H](O)[C@H](O)[C@@H](O)[C@H](OP(=O)(O)OC1)[C@H](O)[C@H](O)[C@@H](/C=C/[C@@H](O)CCCCC)[C@H](O)C[C@@H]2O. The summed E-state index contributed by atoms with van der Waals surface area (Å²) in [7, 11) is -5.45. The summed E-state index contributed by atoms with van der Waals surface area (Å²) >= 11 is 0. The molecule has 394 valence electrons. The van der Waals surface area contributed by atoms with E-state index in [0.717, 1.165) is 64.2 Å². The Balaban J connectivity index is 2.09. The fourth-order valence-electron chi connectivity index (χ4n) is 8.43. The van der Waals surface area contributed by atoms with Crippen molar-refractivity contribution in [1.82, 2.24) is 0 Å². The number of allylic oxidation sites excluding steroid dienone is 6.